The molecule has 2 heterocycles. The van der Waals surface area contributed by atoms with E-state index in [4.69, 9.17) is 5.73 Å². The highest BCUT2D eigenvalue weighted by molar-refractivity contribution is 5.80. The van der Waals surface area contributed by atoms with Crippen molar-refractivity contribution in [2.75, 3.05) is 18.8 Å². The molecule has 1 saturated heterocycles. The second kappa shape index (κ2) is 4.12. The van der Waals surface area contributed by atoms with Gasteiger partial charge in [0, 0.05) is 31.0 Å². The van der Waals surface area contributed by atoms with E-state index < -0.39 is 0 Å². The fourth-order valence-electron chi connectivity index (χ4n) is 2.46. The van der Waals surface area contributed by atoms with E-state index in [9.17, 15) is 9.59 Å². The Labute approximate surface area is 104 Å². The number of amides is 1. The average Bonchev–Trinajstić information content (AvgIpc) is 2.09. The Morgan fingerprint density at radius 3 is 2.72 bits per heavy atom. The normalized spacial score (nSPS) is 20.3. The Balaban J connectivity index is 1.64. The van der Waals surface area contributed by atoms with Gasteiger partial charge in [0.15, 0.2) is 0 Å². The molecule has 3 rings (SSSR count). The maximum atomic E-state index is 11.9. The minimum atomic E-state index is -0.235. The largest absolute Gasteiger partial charge is 0.369 e. The van der Waals surface area contributed by atoms with Gasteiger partial charge in [0.05, 0.1) is 5.69 Å². The van der Waals surface area contributed by atoms with Crippen LogP contribution in [-0.2, 0) is 4.79 Å². The molecule has 0 unspecified atom stereocenters. The van der Waals surface area contributed by atoms with Crippen molar-refractivity contribution in [2.45, 2.75) is 25.2 Å². The van der Waals surface area contributed by atoms with Crippen molar-refractivity contribution < 1.29 is 4.79 Å². The predicted molar refractivity (Wildman–Crippen MR) is 65.9 cm³/mol. The molecular formula is C12H16N4O2. The highest BCUT2D eigenvalue weighted by Gasteiger charge is 2.37. The number of nitrogen functional groups attached to an aromatic ring is 1. The molecule has 96 valence electrons. The second-order valence-electron chi connectivity index (χ2n) is 5.12. The van der Waals surface area contributed by atoms with E-state index in [-0.39, 0.29) is 29.3 Å². The van der Waals surface area contributed by atoms with E-state index in [0.29, 0.717) is 18.8 Å². The maximum Gasteiger partial charge on any atom is 0.252 e. The number of H-pyrrole nitrogens is 1. The third-order valence-electron chi connectivity index (χ3n) is 3.85. The van der Waals surface area contributed by atoms with Gasteiger partial charge < -0.3 is 10.6 Å². The molecule has 2 fully saturated rings. The Kier molecular flexibility index (Phi) is 2.57. The quantitative estimate of drug-likeness (QED) is 0.775. The molecule has 6 heteroatoms. The second-order valence-corrected chi connectivity index (χ2v) is 5.12. The summed E-state index contributed by atoms with van der Waals surface area (Å²) < 4.78 is 0. The summed E-state index contributed by atoms with van der Waals surface area (Å²) >= 11 is 0. The SMILES string of the molecule is Nc1nc(C2CN(C(=O)C3CCC3)C2)cc(=O)[nH]1. The molecule has 0 aromatic carbocycles. The van der Waals surface area contributed by atoms with Crippen molar-refractivity contribution in [2.24, 2.45) is 5.92 Å². The van der Waals surface area contributed by atoms with Crippen molar-refractivity contribution in [1.82, 2.24) is 14.9 Å². The lowest BCUT2D eigenvalue weighted by atomic mass is 9.82. The number of nitrogens with one attached hydrogen (secondary N) is 1. The zero-order valence-corrected chi connectivity index (χ0v) is 10.1. The van der Waals surface area contributed by atoms with Crippen molar-refractivity contribution in [1.29, 1.82) is 0 Å². The number of hydrogen-bond acceptors (Lipinski definition) is 4. The Morgan fingerprint density at radius 1 is 1.44 bits per heavy atom. The van der Waals surface area contributed by atoms with Crippen LogP contribution in [0, 0.1) is 5.92 Å². The highest BCUT2D eigenvalue weighted by Crippen LogP contribution is 2.33. The van der Waals surface area contributed by atoms with Crippen LogP contribution in [0.15, 0.2) is 10.9 Å². The van der Waals surface area contributed by atoms with E-state index in [1.165, 1.54) is 12.5 Å². The summed E-state index contributed by atoms with van der Waals surface area (Å²) in [6.45, 7) is 1.32. The van der Waals surface area contributed by atoms with Gasteiger partial charge in [0.25, 0.3) is 5.56 Å². The number of likely N-dealkylation sites (tertiary alicyclic amines) is 1. The molecule has 3 N–H and O–H groups in total. The molecule has 0 spiro atoms. The topological polar surface area (TPSA) is 92.1 Å². The summed E-state index contributed by atoms with van der Waals surface area (Å²) in [4.78, 5) is 31.6. The van der Waals surface area contributed by atoms with E-state index in [1.54, 1.807) is 0 Å². The Hall–Kier alpha value is -1.85. The molecule has 1 amide bonds. The number of carbonyl (C=O) groups excluding carboxylic acids is 1. The van der Waals surface area contributed by atoms with Crippen LogP contribution in [0.3, 0.4) is 0 Å². The van der Waals surface area contributed by atoms with Crippen LogP contribution in [-0.4, -0.2) is 33.9 Å². The molecule has 0 radical (unpaired) electrons. The lowest BCUT2D eigenvalue weighted by Crippen LogP contribution is -2.52. The number of anilines is 1. The van der Waals surface area contributed by atoms with Crippen LogP contribution in [0.4, 0.5) is 5.95 Å². The zero-order valence-electron chi connectivity index (χ0n) is 10.1. The third-order valence-corrected chi connectivity index (χ3v) is 3.85. The fourth-order valence-corrected chi connectivity index (χ4v) is 2.46. The number of hydrogen-bond donors (Lipinski definition) is 2. The lowest BCUT2D eigenvalue weighted by molar-refractivity contribution is -0.142. The summed E-state index contributed by atoms with van der Waals surface area (Å²) in [7, 11) is 0. The molecule has 18 heavy (non-hydrogen) atoms. The molecule has 1 saturated carbocycles. The predicted octanol–water partition coefficient (Wildman–Crippen LogP) is 0.0780. The Morgan fingerprint density at radius 2 is 2.17 bits per heavy atom. The highest BCUT2D eigenvalue weighted by atomic mass is 16.2. The number of nitrogens with two attached hydrogens (primary N) is 1. The summed E-state index contributed by atoms with van der Waals surface area (Å²) in [5.41, 5.74) is 5.96. The minimum Gasteiger partial charge on any atom is -0.369 e. The van der Waals surface area contributed by atoms with Gasteiger partial charge in [0.2, 0.25) is 11.9 Å². The van der Waals surface area contributed by atoms with E-state index >= 15 is 0 Å². The molecule has 1 aromatic heterocycles. The molecule has 0 atom stereocenters. The van der Waals surface area contributed by atoms with Crippen molar-refractivity contribution >= 4 is 11.9 Å². The smallest absolute Gasteiger partial charge is 0.252 e. The molecule has 6 nitrogen and oxygen atoms in total. The summed E-state index contributed by atoms with van der Waals surface area (Å²) in [6, 6.07) is 1.46. The maximum absolute atomic E-state index is 11.9. The average molecular weight is 248 g/mol. The molecule has 1 aliphatic heterocycles. The monoisotopic (exact) mass is 248 g/mol. The van der Waals surface area contributed by atoms with Crippen LogP contribution in [0.1, 0.15) is 30.9 Å². The summed E-state index contributed by atoms with van der Waals surface area (Å²) in [5.74, 6) is 0.790. The van der Waals surface area contributed by atoms with E-state index in [2.05, 4.69) is 9.97 Å². The molecule has 1 aromatic rings. The lowest BCUT2D eigenvalue weighted by Gasteiger charge is -2.42. The summed E-state index contributed by atoms with van der Waals surface area (Å²) in [5, 5.41) is 0. The van der Waals surface area contributed by atoms with Gasteiger partial charge in [-0.15, -0.1) is 0 Å². The van der Waals surface area contributed by atoms with Gasteiger partial charge >= 0.3 is 0 Å². The fraction of sp³-hybridized carbons (Fsp3) is 0.583. The number of aromatic nitrogens is 2. The first-order valence-corrected chi connectivity index (χ1v) is 6.29. The van der Waals surface area contributed by atoms with Crippen LogP contribution in [0.25, 0.3) is 0 Å². The first-order chi connectivity index (χ1) is 8.63. The van der Waals surface area contributed by atoms with Crippen molar-refractivity contribution in [3.63, 3.8) is 0 Å². The van der Waals surface area contributed by atoms with E-state index in [0.717, 1.165) is 12.8 Å². The first-order valence-electron chi connectivity index (χ1n) is 6.29. The first kappa shape index (κ1) is 11.3. The minimum absolute atomic E-state index is 0.140. The van der Waals surface area contributed by atoms with Crippen LogP contribution in [0.2, 0.25) is 0 Å². The zero-order chi connectivity index (χ0) is 12.7. The Bertz CT molecular complexity index is 529. The number of rotatable bonds is 2. The van der Waals surface area contributed by atoms with Crippen molar-refractivity contribution in [3.8, 4) is 0 Å². The number of carbonyl (C=O) groups is 1. The standard InChI is InChI=1S/C12H16N4O2/c13-12-14-9(4-10(17)15-12)8-5-16(6-8)11(18)7-2-1-3-7/h4,7-8H,1-3,5-6H2,(H3,13,14,15,17). The van der Waals surface area contributed by atoms with Gasteiger partial charge in [-0.25, -0.2) is 4.98 Å². The summed E-state index contributed by atoms with van der Waals surface area (Å²) in [6.07, 6.45) is 3.21. The van der Waals surface area contributed by atoms with E-state index in [1.807, 2.05) is 4.90 Å². The molecular weight excluding hydrogens is 232 g/mol. The van der Waals surface area contributed by atoms with Crippen molar-refractivity contribution in [3.05, 3.63) is 22.1 Å². The third kappa shape index (κ3) is 1.87. The molecule has 2 aliphatic rings. The number of nitrogens with zero attached hydrogens (tertiary/aromatic N) is 2. The molecule has 1 aliphatic carbocycles. The van der Waals surface area contributed by atoms with Gasteiger partial charge in [-0.2, -0.15) is 0 Å². The van der Waals surface area contributed by atoms with Gasteiger partial charge in [-0.3, -0.25) is 14.6 Å². The van der Waals surface area contributed by atoms with Gasteiger partial charge in [0.1, 0.15) is 0 Å². The number of aromatic amines is 1. The van der Waals surface area contributed by atoms with Gasteiger partial charge in [-0.1, -0.05) is 6.42 Å². The van der Waals surface area contributed by atoms with Crippen LogP contribution in [0.5, 0.6) is 0 Å². The van der Waals surface area contributed by atoms with Crippen LogP contribution >= 0.6 is 0 Å². The van der Waals surface area contributed by atoms with Gasteiger partial charge in [-0.05, 0) is 12.8 Å². The van der Waals surface area contributed by atoms with Crippen LogP contribution < -0.4 is 11.3 Å². The molecule has 0 bridgehead atoms.